The maximum atomic E-state index is 13.4. The summed E-state index contributed by atoms with van der Waals surface area (Å²) in [6, 6.07) is 5.54. The van der Waals surface area contributed by atoms with Crippen LogP contribution in [0, 0.1) is 5.82 Å². The van der Waals surface area contributed by atoms with Crippen molar-refractivity contribution in [1.29, 1.82) is 0 Å². The molecule has 0 aromatic heterocycles. The Morgan fingerprint density at radius 2 is 1.86 bits per heavy atom. The van der Waals surface area contributed by atoms with Gasteiger partial charge in [-0.25, -0.2) is 9.18 Å². The van der Waals surface area contributed by atoms with Crippen LogP contribution in [-0.2, 0) is 23.9 Å². The molecule has 0 bridgehead atoms. The van der Waals surface area contributed by atoms with E-state index in [0.29, 0.717) is 0 Å². The topological polar surface area (TPSA) is 94.1 Å². The van der Waals surface area contributed by atoms with Crippen molar-refractivity contribution in [1.82, 2.24) is 0 Å². The summed E-state index contributed by atoms with van der Waals surface area (Å²) in [5, 5.41) is 3.51. The Kier molecular flexibility index (Phi) is 5.99. The van der Waals surface area contributed by atoms with Gasteiger partial charge in [0.05, 0.1) is 19.9 Å². The number of hydrogen-bond donors (Lipinski definition) is 1. The van der Waals surface area contributed by atoms with E-state index in [1.165, 1.54) is 24.3 Å². The highest BCUT2D eigenvalue weighted by Crippen LogP contribution is 2.12. The van der Waals surface area contributed by atoms with E-state index in [9.17, 15) is 18.8 Å². The summed E-state index contributed by atoms with van der Waals surface area (Å²) in [5.74, 6) is -3.40. The fourth-order valence-electron chi connectivity index (χ4n) is 1.27. The molecule has 0 aliphatic rings. The lowest BCUT2D eigenvalue weighted by atomic mass is 10.2. The van der Waals surface area contributed by atoms with E-state index >= 15 is 0 Å². The molecule has 112 valence electrons. The average molecular weight is 296 g/mol. The monoisotopic (exact) mass is 296 g/mol. The van der Waals surface area contributed by atoms with Gasteiger partial charge in [0.1, 0.15) is 12.2 Å². The fourth-order valence-corrected chi connectivity index (χ4v) is 1.27. The van der Waals surface area contributed by atoms with Gasteiger partial charge >= 0.3 is 11.9 Å². The number of carbonyl (C=O) groups excluding carboxylic acids is 3. The number of ether oxygens (including phenoxy) is 2. The third kappa shape index (κ3) is 4.68. The van der Waals surface area contributed by atoms with E-state index in [4.69, 9.17) is 0 Å². The van der Waals surface area contributed by atoms with Gasteiger partial charge in [-0.2, -0.15) is 5.10 Å². The zero-order chi connectivity index (χ0) is 15.8. The molecule has 0 radical (unpaired) electrons. The second-order valence-electron chi connectivity index (χ2n) is 3.72. The van der Waals surface area contributed by atoms with E-state index in [2.05, 4.69) is 20.0 Å². The molecule has 0 aliphatic carbocycles. The Hall–Kier alpha value is -2.77. The van der Waals surface area contributed by atoms with Gasteiger partial charge in [-0.1, -0.05) is 12.1 Å². The van der Waals surface area contributed by atoms with Crippen LogP contribution in [0.4, 0.5) is 10.1 Å². The number of benzene rings is 1. The van der Waals surface area contributed by atoms with Gasteiger partial charge < -0.3 is 9.47 Å². The Morgan fingerprint density at radius 1 is 1.19 bits per heavy atom. The minimum absolute atomic E-state index is 0.0372. The summed E-state index contributed by atoms with van der Waals surface area (Å²) in [6.07, 6.45) is -0.677. The first-order chi connectivity index (χ1) is 9.99. The Labute approximate surface area is 119 Å². The molecule has 0 spiro atoms. The van der Waals surface area contributed by atoms with E-state index in [1.54, 1.807) is 0 Å². The molecule has 1 aromatic carbocycles. The van der Waals surface area contributed by atoms with Crippen molar-refractivity contribution in [2.45, 2.75) is 6.42 Å². The lowest BCUT2D eigenvalue weighted by Crippen LogP contribution is -2.28. The van der Waals surface area contributed by atoms with Crippen LogP contribution >= 0.6 is 0 Å². The van der Waals surface area contributed by atoms with Crippen LogP contribution in [0.5, 0.6) is 0 Å². The summed E-state index contributed by atoms with van der Waals surface area (Å²) < 4.78 is 22.1. The highest BCUT2D eigenvalue weighted by atomic mass is 19.1. The van der Waals surface area contributed by atoms with Crippen LogP contribution in [0.2, 0.25) is 0 Å². The molecule has 0 saturated carbocycles. The molecule has 0 fully saturated rings. The van der Waals surface area contributed by atoms with Crippen molar-refractivity contribution in [3.63, 3.8) is 0 Å². The Balaban J connectivity index is 2.95. The van der Waals surface area contributed by atoms with E-state index in [0.717, 1.165) is 14.2 Å². The van der Waals surface area contributed by atoms with E-state index in [-0.39, 0.29) is 5.69 Å². The van der Waals surface area contributed by atoms with Crippen LogP contribution < -0.4 is 5.43 Å². The zero-order valence-corrected chi connectivity index (χ0v) is 11.4. The first kappa shape index (κ1) is 16.3. The molecule has 0 aliphatic heterocycles. The second kappa shape index (κ2) is 7.73. The van der Waals surface area contributed by atoms with Gasteiger partial charge in [0.25, 0.3) is 0 Å². The Morgan fingerprint density at radius 3 is 2.43 bits per heavy atom. The van der Waals surface area contributed by atoms with Gasteiger partial charge in [-0.15, -0.1) is 0 Å². The first-order valence-electron chi connectivity index (χ1n) is 5.76. The van der Waals surface area contributed by atoms with Gasteiger partial charge in [0, 0.05) is 0 Å². The largest absolute Gasteiger partial charge is 0.469 e. The molecule has 7 nitrogen and oxygen atoms in total. The maximum absolute atomic E-state index is 13.4. The number of nitrogens with one attached hydrogen (secondary N) is 1. The van der Waals surface area contributed by atoms with Crippen LogP contribution in [0.3, 0.4) is 0 Å². The minimum Gasteiger partial charge on any atom is -0.469 e. The third-order valence-electron chi connectivity index (χ3n) is 2.34. The number of nitrogens with zero attached hydrogens (tertiary/aromatic N) is 1. The standard InChI is InChI=1S/C13H13FN2O5/c1-20-11(18)7-10(17)12(13(19)21-2)16-15-9-6-4-3-5-8(9)14/h3-6,15H,7H2,1-2H3/b16-12+. The highest BCUT2D eigenvalue weighted by molar-refractivity contribution is 6.65. The number of para-hydroxylation sites is 1. The number of carbonyl (C=O) groups is 3. The number of hydrazone groups is 1. The van der Waals surface area contributed by atoms with Gasteiger partial charge in [0.15, 0.2) is 0 Å². The predicted molar refractivity (Wildman–Crippen MR) is 71.1 cm³/mol. The third-order valence-corrected chi connectivity index (χ3v) is 2.34. The predicted octanol–water partition coefficient (Wildman–Crippen LogP) is 0.899. The number of methoxy groups -OCH3 is 2. The van der Waals surface area contributed by atoms with Crippen molar-refractivity contribution in [3.8, 4) is 0 Å². The molecule has 1 rings (SSSR count). The quantitative estimate of drug-likeness (QED) is 0.363. The van der Waals surface area contributed by atoms with Crippen molar-refractivity contribution in [2.24, 2.45) is 5.10 Å². The number of rotatable bonds is 6. The van der Waals surface area contributed by atoms with E-state index in [1.807, 2.05) is 0 Å². The van der Waals surface area contributed by atoms with E-state index < -0.39 is 35.7 Å². The van der Waals surface area contributed by atoms with Gasteiger partial charge in [0.2, 0.25) is 11.5 Å². The maximum Gasteiger partial charge on any atom is 0.362 e. The minimum atomic E-state index is -1.05. The molecule has 0 heterocycles. The molecule has 0 saturated heterocycles. The van der Waals surface area contributed by atoms with Gasteiger partial charge in [-0.3, -0.25) is 15.0 Å². The molecule has 8 heteroatoms. The first-order valence-corrected chi connectivity index (χ1v) is 5.76. The Bertz CT molecular complexity index is 586. The van der Waals surface area contributed by atoms with Crippen molar-refractivity contribution in [2.75, 3.05) is 19.6 Å². The van der Waals surface area contributed by atoms with Crippen LogP contribution in [-0.4, -0.2) is 37.7 Å². The number of hydrogen-bond acceptors (Lipinski definition) is 7. The molecular weight excluding hydrogens is 283 g/mol. The molecule has 0 atom stereocenters. The molecule has 1 aromatic rings. The molecule has 1 N–H and O–H groups in total. The summed E-state index contributed by atoms with van der Waals surface area (Å²) >= 11 is 0. The van der Waals surface area contributed by atoms with Crippen LogP contribution in [0.25, 0.3) is 0 Å². The lowest BCUT2D eigenvalue weighted by molar-refractivity contribution is -0.142. The number of esters is 2. The lowest BCUT2D eigenvalue weighted by Gasteiger charge is -2.05. The molecule has 0 unspecified atom stereocenters. The fraction of sp³-hybridized carbons (Fsp3) is 0.231. The smallest absolute Gasteiger partial charge is 0.362 e. The number of halogens is 1. The van der Waals surface area contributed by atoms with Crippen LogP contribution in [0.15, 0.2) is 29.4 Å². The SMILES string of the molecule is COC(=O)CC(=O)/C(=N\Nc1ccccc1F)C(=O)OC. The summed E-state index contributed by atoms with van der Waals surface area (Å²) in [7, 11) is 2.15. The van der Waals surface area contributed by atoms with Crippen molar-refractivity contribution in [3.05, 3.63) is 30.1 Å². The second-order valence-corrected chi connectivity index (χ2v) is 3.72. The summed E-state index contributed by atoms with van der Waals surface area (Å²) in [5.41, 5.74) is 1.54. The molecule has 0 amide bonds. The molecular formula is C13H13FN2O5. The normalized spacial score (nSPS) is 10.7. The number of Topliss-reactive ketones (excluding diaryl/α,β-unsaturated/α-hetero) is 1. The van der Waals surface area contributed by atoms with Crippen LogP contribution in [0.1, 0.15) is 6.42 Å². The van der Waals surface area contributed by atoms with Crippen molar-refractivity contribution >= 4 is 29.1 Å². The summed E-state index contributed by atoms with van der Waals surface area (Å²) in [6.45, 7) is 0. The summed E-state index contributed by atoms with van der Waals surface area (Å²) in [4.78, 5) is 34.3. The average Bonchev–Trinajstić information content (AvgIpc) is 2.48. The highest BCUT2D eigenvalue weighted by Gasteiger charge is 2.24. The van der Waals surface area contributed by atoms with Gasteiger partial charge in [-0.05, 0) is 12.1 Å². The van der Waals surface area contributed by atoms with Crippen molar-refractivity contribution < 1.29 is 28.2 Å². The number of anilines is 1. The zero-order valence-electron chi connectivity index (χ0n) is 11.4. The molecule has 21 heavy (non-hydrogen) atoms. The number of ketones is 1.